The molecular formula is C18H28BrIO. The number of benzene rings is 1. The van der Waals surface area contributed by atoms with Crippen LogP contribution in [0.3, 0.4) is 0 Å². The van der Waals surface area contributed by atoms with Crippen molar-refractivity contribution in [2.24, 2.45) is 0 Å². The molecule has 0 aliphatic carbocycles. The summed E-state index contributed by atoms with van der Waals surface area (Å²) in [6.07, 6.45) is 13.6. The number of unbranched alkanes of at least 4 members (excludes halogenated alkanes) is 9. The molecule has 1 aromatic carbocycles. The van der Waals surface area contributed by atoms with Crippen LogP contribution in [0.1, 0.15) is 71.1 Å². The average molecular weight is 467 g/mol. The molecule has 0 atom stereocenters. The third kappa shape index (κ3) is 10.6. The quantitative estimate of drug-likeness (QED) is 0.231. The highest BCUT2D eigenvalue weighted by atomic mass is 127. The molecule has 0 saturated carbocycles. The van der Waals surface area contributed by atoms with Crippen molar-refractivity contribution >= 4 is 38.5 Å². The maximum atomic E-state index is 5.80. The van der Waals surface area contributed by atoms with Gasteiger partial charge >= 0.3 is 0 Å². The molecule has 0 fully saturated rings. The Morgan fingerprint density at radius 2 is 1.43 bits per heavy atom. The van der Waals surface area contributed by atoms with E-state index in [1.54, 1.807) is 0 Å². The van der Waals surface area contributed by atoms with Gasteiger partial charge < -0.3 is 4.74 Å². The summed E-state index contributed by atoms with van der Waals surface area (Å²) in [6, 6.07) is 6.22. The van der Waals surface area contributed by atoms with Gasteiger partial charge in [-0.05, 0) is 47.2 Å². The minimum atomic E-state index is 0.836. The van der Waals surface area contributed by atoms with Crippen LogP contribution in [0.5, 0.6) is 5.75 Å². The molecule has 0 bridgehead atoms. The molecule has 0 heterocycles. The Kier molecular flexibility index (Phi) is 11.7. The fourth-order valence-corrected chi connectivity index (χ4v) is 3.93. The summed E-state index contributed by atoms with van der Waals surface area (Å²) in [5.41, 5.74) is 0. The third-order valence-electron chi connectivity index (χ3n) is 3.60. The Bertz CT molecular complexity index is 361. The minimum Gasteiger partial charge on any atom is -0.494 e. The molecule has 0 radical (unpaired) electrons. The monoisotopic (exact) mass is 466 g/mol. The van der Waals surface area contributed by atoms with Gasteiger partial charge in [-0.2, -0.15) is 0 Å². The summed E-state index contributed by atoms with van der Waals surface area (Å²) in [4.78, 5) is 0. The van der Waals surface area contributed by atoms with E-state index in [-0.39, 0.29) is 0 Å². The van der Waals surface area contributed by atoms with Crippen LogP contribution < -0.4 is 4.74 Å². The summed E-state index contributed by atoms with van der Waals surface area (Å²) >= 11 is 5.82. The van der Waals surface area contributed by atoms with Gasteiger partial charge in [-0.25, -0.2) is 0 Å². The highest BCUT2D eigenvalue weighted by molar-refractivity contribution is 14.1. The lowest BCUT2D eigenvalue weighted by molar-refractivity contribution is 0.304. The summed E-state index contributed by atoms with van der Waals surface area (Å²) < 4.78 is 8.10. The van der Waals surface area contributed by atoms with Gasteiger partial charge in [0.15, 0.2) is 0 Å². The molecule has 1 rings (SSSR count). The number of ether oxygens (including phenoxy) is 1. The second-order valence-electron chi connectivity index (χ2n) is 5.64. The molecule has 120 valence electrons. The van der Waals surface area contributed by atoms with E-state index in [4.69, 9.17) is 4.74 Å². The van der Waals surface area contributed by atoms with Crippen LogP contribution in [0.25, 0.3) is 0 Å². The van der Waals surface area contributed by atoms with Crippen molar-refractivity contribution in [1.82, 2.24) is 0 Å². The van der Waals surface area contributed by atoms with Crippen LogP contribution in [-0.4, -0.2) is 6.61 Å². The van der Waals surface area contributed by atoms with Gasteiger partial charge in [0, 0.05) is 8.04 Å². The molecule has 1 aromatic rings. The highest BCUT2D eigenvalue weighted by Crippen LogP contribution is 2.22. The summed E-state index contributed by atoms with van der Waals surface area (Å²) in [6.45, 7) is 3.11. The fraction of sp³-hybridized carbons (Fsp3) is 0.667. The third-order valence-corrected chi connectivity index (χ3v) is 4.68. The molecular weight excluding hydrogens is 439 g/mol. The van der Waals surface area contributed by atoms with E-state index in [1.165, 1.54) is 67.8 Å². The zero-order chi connectivity index (χ0) is 15.3. The second-order valence-corrected chi connectivity index (χ2v) is 7.80. The normalized spacial score (nSPS) is 10.8. The Morgan fingerprint density at radius 1 is 0.857 bits per heavy atom. The van der Waals surface area contributed by atoms with Crippen molar-refractivity contribution < 1.29 is 4.74 Å². The first-order chi connectivity index (χ1) is 10.2. The van der Waals surface area contributed by atoms with Crippen LogP contribution in [0.4, 0.5) is 0 Å². The van der Waals surface area contributed by atoms with Crippen molar-refractivity contribution in [3.05, 3.63) is 26.2 Å². The second kappa shape index (κ2) is 12.7. The topological polar surface area (TPSA) is 9.23 Å². The smallest absolute Gasteiger partial charge is 0.121 e. The number of halogens is 2. The molecule has 0 aliphatic rings. The van der Waals surface area contributed by atoms with Crippen LogP contribution in [-0.2, 0) is 0 Å². The lowest BCUT2D eigenvalue weighted by atomic mass is 10.1. The molecule has 0 unspecified atom stereocenters. The van der Waals surface area contributed by atoms with Crippen molar-refractivity contribution in [3.8, 4) is 5.75 Å². The maximum Gasteiger partial charge on any atom is 0.121 e. The Hall–Kier alpha value is 0.230. The Morgan fingerprint density at radius 3 is 2.00 bits per heavy atom. The molecule has 0 N–H and O–H groups in total. The highest BCUT2D eigenvalue weighted by Gasteiger charge is 1.98. The first kappa shape index (κ1) is 19.3. The molecule has 0 saturated heterocycles. The zero-order valence-electron chi connectivity index (χ0n) is 13.2. The van der Waals surface area contributed by atoms with Crippen molar-refractivity contribution in [3.63, 3.8) is 0 Å². The first-order valence-corrected chi connectivity index (χ1v) is 10.2. The maximum absolute atomic E-state index is 5.80. The van der Waals surface area contributed by atoms with E-state index in [0.29, 0.717) is 0 Å². The van der Waals surface area contributed by atoms with Crippen LogP contribution >= 0.6 is 38.5 Å². The number of hydrogen-bond acceptors (Lipinski definition) is 1. The van der Waals surface area contributed by atoms with Crippen LogP contribution in [0, 0.1) is 3.57 Å². The molecule has 0 aliphatic heterocycles. The summed E-state index contributed by atoms with van der Waals surface area (Å²) in [5.74, 6) is 0.977. The van der Waals surface area contributed by atoms with Gasteiger partial charge in [0.25, 0.3) is 0 Å². The van der Waals surface area contributed by atoms with E-state index >= 15 is 0 Å². The SMILES string of the molecule is CCCCCCCCCCCCOc1cc(Br)cc(I)c1. The number of hydrogen-bond donors (Lipinski definition) is 0. The standard InChI is InChI=1S/C18H28BrIO/c1-2-3-4-5-6-7-8-9-10-11-12-21-18-14-16(19)13-17(20)15-18/h13-15H,2-12H2,1H3. The van der Waals surface area contributed by atoms with Gasteiger partial charge in [0.2, 0.25) is 0 Å². The van der Waals surface area contributed by atoms with E-state index in [0.717, 1.165) is 16.8 Å². The van der Waals surface area contributed by atoms with Crippen LogP contribution in [0.15, 0.2) is 22.7 Å². The fourth-order valence-electron chi connectivity index (χ4n) is 2.39. The van der Waals surface area contributed by atoms with Crippen molar-refractivity contribution in [2.45, 2.75) is 71.1 Å². The first-order valence-electron chi connectivity index (χ1n) is 8.31. The predicted molar refractivity (Wildman–Crippen MR) is 104 cm³/mol. The molecule has 0 amide bonds. The molecule has 0 spiro atoms. The molecule has 1 nitrogen and oxygen atoms in total. The van der Waals surface area contributed by atoms with Gasteiger partial charge in [-0.3, -0.25) is 0 Å². The van der Waals surface area contributed by atoms with E-state index in [9.17, 15) is 0 Å². The van der Waals surface area contributed by atoms with Gasteiger partial charge in [-0.15, -0.1) is 0 Å². The van der Waals surface area contributed by atoms with Crippen molar-refractivity contribution in [2.75, 3.05) is 6.61 Å². The Labute approximate surface area is 152 Å². The minimum absolute atomic E-state index is 0.836. The van der Waals surface area contributed by atoms with Crippen molar-refractivity contribution in [1.29, 1.82) is 0 Å². The molecule has 0 aromatic heterocycles. The van der Waals surface area contributed by atoms with E-state index < -0.39 is 0 Å². The predicted octanol–water partition coefficient (Wildman–Crippen LogP) is 7.35. The van der Waals surface area contributed by atoms with Gasteiger partial charge in [0.1, 0.15) is 5.75 Å². The lowest BCUT2D eigenvalue weighted by Gasteiger charge is -2.07. The zero-order valence-corrected chi connectivity index (χ0v) is 16.9. The largest absolute Gasteiger partial charge is 0.494 e. The van der Waals surface area contributed by atoms with E-state index in [1.807, 2.05) is 6.07 Å². The molecule has 3 heteroatoms. The molecule has 21 heavy (non-hydrogen) atoms. The number of rotatable bonds is 12. The van der Waals surface area contributed by atoms with Crippen LogP contribution in [0.2, 0.25) is 0 Å². The average Bonchev–Trinajstić information content (AvgIpc) is 2.44. The Balaban J connectivity index is 1.93. The summed E-state index contributed by atoms with van der Waals surface area (Å²) in [5, 5.41) is 0. The van der Waals surface area contributed by atoms with Gasteiger partial charge in [-0.1, -0.05) is 80.6 Å². The van der Waals surface area contributed by atoms with E-state index in [2.05, 4.69) is 57.6 Å². The summed E-state index contributed by atoms with van der Waals surface area (Å²) in [7, 11) is 0. The lowest BCUT2D eigenvalue weighted by Crippen LogP contribution is -1.97. The van der Waals surface area contributed by atoms with Gasteiger partial charge in [0.05, 0.1) is 6.61 Å².